The van der Waals surface area contributed by atoms with E-state index in [2.05, 4.69) is 10.5 Å². The second-order valence-electron chi connectivity index (χ2n) is 6.42. The van der Waals surface area contributed by atoms with Crippen LogP contribution in [0.2, 0.25) is 0 Å². The average Bonchev–Trinajstić information content (AvgIpc) is 3.05. The molecule has 0 spiro atoms. The summed E-state index contributed by atoms with van der Waals surface area (Å²) in [6, 6.07) is 5.49. The molecule has 120 valence electrons. The number of furan rings is 1. The van der Waals surface area contributed by atoms with Crippen LogP contribution < -0.4 is 10.2 Å². The molecule has 2 rings (SSSR count). The van der Waals surface area contributed by atoms with Crippen LogP contribution in [0.15, 0.2) is 33.4 Å². The zero-order valence-corrected chi connectivity index (χ0v) is 13.6. The number of amides is 1. The minimum Gasteiger partial charge on any atom is -0.461 e. The SMILES string of the molecule is CC[NH+](CC(=O)NC(C)(C)C)Cc1cc(-c2ccco2)on1. The third kappa shape index (κ3) is 4.73. The zero-order chi connectivity index (χ0) is 16.2. The third-order valence-corrected chi connectivity index (χ3v) is 3.18. The highest BCUT2D eigenvalue weighted by molar-refractivity contribution is 5.77. The number of nitrogens with zero attached hydrogens (tertiary/aromatic N) is 1. The second kappa shape index (κ2) is 6.79. The number of hydrogen-bond acceptors (Lipinski definition) is 4. The number of carbonyl (C=O) groups excluding carboxylic acids is 1. The molecular weight excluding hydrogens is 282 g/mol. The van der Waals surface area contributed by atoms with Crippen molar-refractivity contribution in [1.29, 1.82) is 0 Å². The lowest BCUT2D eigenvalue weighted by Gasteiger charge is -2.22. The molecule has 2 aromatic rings. The topological polar surface area (TPSA) is 72.7 Å². The first-order valence-corrected chi connectivity index (χ1v) is 7.51. The van der Waals surface area contributed by atoms with E-state index in [1.54, 1.807) is 12.3 Å². The summed E-state index contributed by atoms with van der Waals surface area (Å²) in [7, 11) is 0. The maximum absolute atomic E-state index is 12.0. The van der Waals surface area contributed by atoms with Crippen LogP contribution in [-0.4, -0.2) is 29.7 Å². The summed E-state index contributed by atoms with van der Waals surface area (Å²) < 4.78 is 10.6. The first-order chi connectivity index (χ1) is 10.4. The molecule has 1 atom stereocenters. The molecule has 2 heterocycles. The fourth-order valence-corrected chi connectivity index (χ4v) is 2.19. The molecule has 2 aromatic heterocycles. The monoisotopic (exact) mass is 306 g/mol. The Morgan fingerprint density at radius 2 is 2.14 bits per heavy atom. The van der Waals surface area contributed by atoms with E-state index in [0.29, 0.717) is 24.6 Å². The van der Waals surface area contributed by atoms with Gasteiger partial charge in [0.25, 0.3) is 5.91 Å². The molecule has 0 aliphatic carbocycles. The van der Waals surface area contributed by atoms with Crippen molar-refractivity contribution in [2.45, 2.75) is 39.8 Å². The van der Waals surface area contributed by atoms with E-state index in [1.165, 1.54) is 0 Å². The van der Waals surface area contributed by atoms with Crippen molar-refractivity contribution < 1.29 is 18.6 Å². The third-order valence-electron chi connectivity index (χ3n) is 3.18. The van der Waals surface area contributed by atoms with Gasteiger partial charge in [0.15, 0.2) is 12.3 Å². The fourth-order valence-electron chi connectivity index (χ4n) is 2.19. The Morgan fingerprint density at radius 1 is 1.36 bits per heavy atom. The van der Waals surface area contributed by atoms with Gasteiger partial charge >= 0.3 is 0 Å². The molecule has 0 aromatic carbocycles. The van der Waals surface area contributed by atoms with Crippen LogP contribution in [0.3, 0.4) is 0 Å². The van der Waals surface area contributed by atoms with Gasteiger partial charge in [-0.2, -0.15) is 0 Å². The van der Waals surface area contributed by atoms with Crippen molar-refractivity contribution in [3.8, 4) is 11.5 Å². The van der Waals surface area contributed by atoms with Gasteiger partial charge in [-0.3, -0.25) is 4.79 Å². The van der Waals surface area contributed by atoms with E-state index in [0.717, 1.165) is 17.1 Å². The summed E-state index contributed by atoms with van der Waals surface area (Å²) in [6.45, 7) is 9.86. The van der Waals surface area contributed by atoms with Crippen LogP contribution in [0.1, 0.15) is 33.4 Å². The lowest BCUT2D eigenvalue weighted by molar-refractivity contribution is -0.904. The van der Waals surface area contributed by atoms with Crippen molar-refractivity contribution in [2.75, 3.05) is 13.1 Å². The van der Waals surface area contributed by atoms with E-state index >= 15 is 0 Å². The van der Waals surface area contributed by atoms with Gasteiger partial charge in [-0.1, -0.05) is 5.16 Å². The quantitative estimate of drug-likeness (QED) is 0.842. The van der Waals surface area contributed by atoms with Gasteiger partial charge in [-0.15, -0.1) is 0 Å². The zero-order valence-electron chi connectivity index (χ0n) is 13.6. The predicted molar refractivity (Wildman–Crippen MR) is 82.2 cm³/mol. The first-order valence-electron chi connectivity index (χ1n) is 7.51. The molecule has 6 heteroatoms. The van der Waals surface area contributed by atoms with Crippen molar-refractivity contribution >= 4 is 5.91 Å². The van der Waals surface area contributed by atoms with Gasteiger partial charge in [0.2, 0.25) is 5.76 Å². The van der Waals surface area contributed by atoms with Crippen molar-refractivity contribution in [1.82, 2.24) is 10.5 Å². The Morgan fingerprint density at radius 3 is 2.73 bits per heavy atom. The lowest BCUT2D eigenvalue weighted by atomic mass is 10.1. The fraction of sp³-hybridized carbons (Fsp3) is 0.500. The van der Waals surface area contributed by atoms with Gasteiger partial charge < -0.3 is 19.2 Å². The van der Waals surface area contributed by atoms with Crippen molar-refractivity contribution in [3.63, 3.8) is 0 Å². The van der Waals surface area contributed by atoms with Crippen LogP contribution in [0, 0.1) is 0 Å². The van der Waals surface area contributed by atoms with Crippen LogP contribution >= 0.6 is 0 Å². The highest BCUT2D eigenvalue weighted by Gasteiger charge is 2.20. The van der Waals surface area contributed by atoms with E-state index in [4.69, 9.17) is 8.94 Å². The maximum Gasteiger partial charge on any atom is 0.275 e. The summed E-state index contributed by atoms with van der Waals surface area (Å²) in [5.74, 6) is 1.30. The summed E-state index contributed by atoms with van der Waals surface area (Å²) in [5.41, 5.74) is 0.600. The van der Waals surface area contributed by atoms with Gasteiger partial charge in [-0.25, -0.2) is 0 Å². The highest BCUT2D eigenvalue weighted by Crippen LogP contribution is 2.20. The smallest absolute Gasteiger partial charge is 0.275 e. The van der Waals surface area contributed by atoms with Gasteiger partial charge in [0.1, 0.15) is 12.2 Å². The van der Waals surface area contributed by atoms with E-state index < -0.39 is 0 Å². The first kappa shape index (κ1) is 16.3. The minimum absolute atomic E-state index is 0.0408. The van der Waals surface area contributed by atoms with Gasteiger partial charge in [0.05, 0.1) is 12.8 Å². The number of likely N-dealkylation sites (N-methyl/N-ethyl adjacent to an activating group) is 1. The van der Waals surface area contributed by atoms with E-state index in [9.17, 15) is 4.79 Å². The molecule has 0 radical (unpaired) electrons. The number of aromatic nitrogens is 1. The molecule has 0 saturated heterocycles. The molecular formula is C16H24N3O3+. The Hall–Kier alpha value is -2.08. The average molecular weight is 306 g/mol. The molecule has 6 nitrogen and oxygen atoms in total. The van der Waals surface area contributed by atoms with Crippen molar-refractivity contribution in [2.24, 2.45) is 0 Å². The van der Waals surface area contributed by atoms with Gasteiger partial charge in [-0.05, 0) is 39.8 Å². The summed E-state index contributed by atoms with van der Waals surface area (Å²) in [5, 5.41) is 7.03. The minimum atomic E-state index is -0.212. The molecule has 0 saturated carbocycles. The molecule has 0 bridgehead atoms. The Labute approximate surface area is 130 Å². The van der Waals surface area contributed by atoms with Crippen LogP contribution in [0.5, 0.6) is 0 Å². The molecule has 0 fully saturated rings. The Bertz CT molecular complexity index is 596. The van der Waals surface area contributed by atoms with E-state index in [-0.39, 0.29) is 11.4 Å². The van der Waals surface area contributed by atoms with Crippen molar-refractivity contribution in [3.05, 3.63) is 30.2 Å². The molecule has 1 unspecified atom stereocenters. The summed E-state index contributed by atoms with van der Waals surface area (Å²) in [6.07, 6.45) is 1.60. The van der Waals surface area contributed by atoms with Crippen LogP contribution in [-0.2, 0) is 11.3 Å². The normalized spacial score (nSPS) is 13.1. The predicted octanol–water partition coefficient (Wildman–Crippen LogP) is 1.25. The van der Waals surface area contributed by atoms with Gasteiger partial charge in [0, 0.05) is 11.6 Å². The van der Waals surface area contributed by atoms with Crippen LogP contribution in [0.25, 0.3) is 11.5 Å². The molecule has 22 heavy (non-hydrogen) atoms. The summed E-state index contributed by atoms with van der Waals surface area (Å²) in [4.78, 5) is 13.1. The van der Waals surface area contributed by atoms with E-state index in [1.807, 2.05) is 39.8 Å². The maximum atomic E-state index is 12.0. The number of hydrogen-bond donors (Lipinski definition) is 2. The Kier molecular flexibility index (Phi) is 5.03. The molecule has 0 aliphatic rings. The Balaban J connectivity index is 1.94. The molecule has 1 amide bonds. The number of rotatable bonds is 6. The largest absolute Gasteiger partial charge is 0.461 e. The second-order valence-corrected chi connectivity index (χ2v) is 6.42. The van der Waals surface area contributed by atoms with Crippen LogP contribution in [0.4, 0.5) is 0 Å². The highest BCUT2D eigenvalue weighted by atomic mass is 16.5. The standard InChI is InChI=1S/C16H23N3O3/c1-5-19(11-15(20)17-16(2,3)4)10-12-9-14(22-18-12)13-7-6-8-21-13/h6-9H,5,10-11H2,1-4H3,(H,17,20)/p+1. The number of carbonyl (C=O) groups is 1. The summed E-state index contributed by atoms with van der Waals surface area (Å²) >= 11 is 0. The number of quaternary nitrogens is 1. The lowest BCUT2D eigenvalue weighted by Crippen LogP contribution is -3.11. The molecule has 0 aliphatic heterocycles. The number of nitrogens with one attached hydrogen (secondary N) is 2. The molecule has 2 N–H and O–H groups in total.